The molecule has 1 unspecified atom stereocenters. The molecule has 1 heterocycles. The lowest BCUT2D eigenvalue weighted by molar-refractivity contribution is -0.138. The van der Waals surface area contributed by atoms with Crippen LogP contribution >= 0.6 is 11.3 Å². The highest BCUT2D eigenvalue weighted by molar-refractivity contribution is 7.07. The van der Waals surface area contributed by atoms with Gasteiger partial charge in [0.2, 0.25) is 0 Å². The van der Waals surface area contributed by atoms with E-state index in [1.807, 2.05) is 5.38 Å². The third-order valence-electron chi connectivity index (χ3n) is 1.72. The van der Waals surface area contributed by atoms with Crippen molar-refractivity contribution < 1.29 is 9.90 Å². The Morgan fingerprint density at radius 3 is 3.14 bits per heavy atom. The molecule has 0 saturated heterocycles. The second-order valence-corrected chi connectivity index (χ2v) is 3.60. The van der Waals surface area contributed by atoms with Crippen LogP contribution in [0.1, 0.15) is 5.69 Å². The number of carbonyl (C=O) groups is 1. The number of hydrogen-bond donors (Lipinski definition) is 3. The molecule has 0 spiro atoms. The summed E-state index contributed by atoms with van der Waals surface area (Å²) in [5, 5.41) is 13.4. The van der Waals surface area contributed by atoms with Crippen LogP contribution in [0.5, 0.6) is 0 Å². The number of nitrogens with two attached hydrogens (primary N) is 1. The molecule has 0 aliphatic carbocycles. The molecule has 0 fully saturated rings. The highest BCUT2D eigenvalue weighted by Crippen LogP contribution is 2.00. The minimum atomic E-state index is -0.980. The van der Waals surface area contributed by atoms with Crippen LogP contribution in [0.2, 0.25) is 0 Å². The standard InChI is InChI=1S/C8H13N3O2S/c9-7(8(12)13)3-10-2-1-6-4-14-5-11-6/h4-5,7,10H,1-3,9H2,(H,12,13). The highest BCUT2D eigenvalue weighted by Gasteiger charge is 2.09. The molecule has 1 atom stereocenters. The normalized spacial score (nSPS) is 12.6. The van der Waals surface area contributed by atoms with E-state index in [1.54, 1.807) is 16.8 Å². The lowest BCUT2D eigenvalue weighted by Gasteiger charge is -2.06. The first-order valence-corrected chi connectivity index (χ1v) is 5.20. The van der Waals surface area contributed by atoms with E-state index in [9.17, 15) is 4.79 Å². The first-order chi connectivity index (χ1) is 6.70. The van der Waals surface area contributed by atoms with Crippen LogP contribution in [0.15, 0.2) is 10.9 Å². The van der Waals surface area contributed by atoms with Gasteiger partial charge in [-0.25, -0.2) is 4.98 Å². The Labute approximate surface area is 86.0 Å². The summed E-state index contributed by atoms with van der Waals surface area (Å²) in [5.74, 6) is -0.980. The molecule has 1 rings (SSSR count). The lowest BCUT2D eigenvalue weighted by Crippen LogP contribution is -2.40. The fraction of sp³-hybridized carbons (Fsp3) is 0.500. The van der Waals surface area contributed by atoms with Gasteiger partial charge in [-0.15, -0.1) is 11.3 Å². The number of aliphatic carboxylic acids is 1. The number of carboxylic acids is 1. The molecule has 0 amide bonds. The zero-order valence-corrected chi connectivity index (χ0v) is 8.46. The average Bonchev–Trinajstić information content (AvgIpc) is 2.64. The van der Waals surface area contributed by atoms with Gasteiger partial charge in [0.05, 0.1) is 11.2 Å². The van der Waals surface area contributed by atoms with E-state index in [-0.39, 0.29) is 0 Å². The molecule has 1 aromatic rings. The molecule has 0 saturated carbocycles. The molecule has 0 aromatic carbocycles. The molecule has 78 valence electrons. The first kappa shape index (κ1) is 11.1. The number of aromatic nitrogens is 1. The summed E-state index contributed by atoms with van der Waals surface area (Å²) in [6.07, 6.45) is 0.801. The second kappa shape index (κ2) is 5.69. The summed E-state index contributed by atoms with van der Waals surface area (Å²) in [4.78, 5) is 14.4. The van der Waals surface area contributed by atoms with Crippen molar-refractivity contribution in [1.82, 2.24) is 10.3 Å². The third kappa shape index (κ3) is 3.82. The van der Waals surface area contributed by atoms with Gasteiger partial charge >= 0.3 is 5.97 Å². The van der Waals surface area contributed by atoms with Gasteiger partial charge < -0.3 is 16.2 Å². The highest BCUT2D eigenvalue weighted by atomic mass is 32.1. The fourth-order valence-electron chi connectivity index (χ4n) is 0.922. The molecule has 0 aliphatic heterocycles. The van der Waals surface area contributed by atoms with Crippen molar-refractivity contribution in [3.63, 3.8) is 0 Å². The lowest BCUT2D eigenvalue weighted by atomic mass is 10.3. The Balaban J connectivity index is 2.08. The van der Waals surface area contributed by atoms with Crippen molar-refractivity contribution in [3.05, 3.63) is 16.6 Å². The van der Waals surface area contributed by atoms with Crippen LogP contribution in [0.25, 0.3) is 0 Å². The van der Waals surface area contributed by atoms with E-state index in [0.717, 1.165) is 12.1 Å². The number of nitrogens with zero attached hydrogens (tertiary/aromatic N) is 1. The summed E-state index contributed by atoms with van der Waals surface area (Å²) in [6, 6.07) is -0.828. The van der Waals surface area contributed by atoms with Gasteiger partial charge in [0, 0.05) is 24.9 Å². The Kier molecular flexibility index (Phi) is 4.51. The summed E-state index contributed by atoms with van der Waals surface area (Å²) >= 11 is 1.55. The van der Waals surface area contributed by atoms with Crippen molar-refractivity contribution in [1.29, 1.82) is 0 Å². The van der Waals surface area contributed by atoms with Crippen molar-refractivity contribution in [3.8, 4) is 0 Å². The summed E-state index contributed by atoms with van der Waals surface area (Å²) in [5.41, 5.74) is 8.10. The van der Waals surface area contributed by atoms with Gasteiger partial charge in [0.1, 0.15) is 6.04 Å². The third-order valence-corrected chi connectivity index (χ3v) is 2.36. The van der Waals surface area contributed by atoms with E-state index in [0.29, 0.717) is 13.1 Å². The van der Waals surface area contributed by atoms with E-state index in [4.69, 9.17) is 10.8 Å². The summed E-state index contributed by atoms with van der Waals surface area (Å²) in [6.45, 7) is 0.990. The number of thiazole rings is 1. The Morgan fingerprint density at radius 1 is 1.79 bits per heavy atom. The van der Waals surface area contributed by atoms with Gasteiger partial charge in [-0.3, -0.25) is 4.79 Å². The molecule has 14 heavy (non-hydrogen) atoms. The molecular formula is C8H13N3O2S. The van der Waals surface area contributed by atoms with E-state index in [2.05, 4.69) is 10.3 Å². The predicted molar refractivity (Wildman–Crippen MR) is 54.3 cm³/mol. The van der Waals surface area contributed by atoms with Crippen LogP contribution in [0, 0.1) is 0 Å². The maximum absolute atomic E-state index is 10.3. The fourth-order valence-corrected chi connectivity index (χ4v) is 1.52. The van der Waals surface area contributed by atoms with Gasteiger partial charge in [0.25, 0.3) is 0 Å². The van der Waals surface area contributed by atoms with Gasteiger partial charge in [-0.2, -0.15) is 0 Å². The second-order valence-electron chi connectivity index (χ2n) is 2.88. The van der Waals surface area contributed by atoms with Crippen LogP contribution < -0.4 is 11.1 Å². The van der Waals surface area contributed by atoms with Gasteiger partial charge in [-0.05, 0) is 0 Å². The van der Waals surface area contributed by atoms with Crippen LogP contribution in [-0.4, -0.2) is 35.2 Å². The predicted octanol–water partition coefficient (Wildman–Crippen LogP) is -0.313. The van der Waals surface area contributed by atoms with Crippen LogP contribution in [0.4, 0.5) is 0 Å². The maximum atomic E-state index is 10.3. The van der Waals surface area contributed by atoms with Gasteiger partial charge in [0.15, 0.2) is 0 Å². The number of carboxylic acid groups (broad SMARTS) is 1. The summed E-state index contributed by atoms with van der Waals surface area (Å²) < 4.78 is 0. The Bertz CT molecular complexity index is 276. The monoisotopic (exact) mass is 215 g/mol. The molecule has 0 aliphatic rings. The Morgan fingerprint density at radius 2 is 2.57 bits per heavy atom. The van der Waals surface area contributed by atoms with Crippen molar-refractivity contribution in [2.75, 3.05) is 13.1 Å². The zero-order valence-electron chi connectivity index (χ0n) is 7.64. The molecule has 0 radical (unpaired) electrons. The number of nitrogens with one attached hydrogen (secondary N) is 1. The van der Waals surface area contributed by atoms with Crippen molar-refractivity contribution in [2.45, 2.75) is 12.5 Å². The van der Waals surface area contributed by atoms with Gasteiger partial charge in [-0.1, -0.05) is 0 Å². The number of hydrogen-bond acceptors (Lipinski definition) is 5. The Hall–Kier alpha value is -0.980. The minimum Gasteiger partial charge on any atom is -0.480 e. The largest absolute Gasteiger partial charge is 0.480 e. The molecule has 5 nitrogen and oxygen atoms in total. The van der Waals surface area contributed by atoms with E-state index in [1.165, 1.54) is 0 Å². The van der Waals surface area contributed by atoms with Crippen molar-refractivity contribution in [2.24, 2.45) is 5.73 Å². The molecule has 4 N–H and O–H groups in total. The molecule has 1 aromatic heterocycles. The molecule has 6 heteroatoms. The zero-order chi connectivity index (χ0) is 10.4. The topological polar surface area (TPSA) is 88.2 Å². The smallest absolute Gasteiger partial charge is 0.321 e. The maximum Gasteiger partial charge on any atom is 0.321 e. The number of rotatable bonds is 6. The molecule has 0 bridgehead atoms. The summed E-state index contributed by atoms with van der Waals surface area (Å²) in [7, 11) is 0. The SMILES string of the molecule is NC(CNCCc1cscn1)C(=O)O. The minimum absolute atomic E-state index is 0.291. The quantitative estimate of drug-likeness (QED) is 0.566. The average molecular weight is 215 g/mol. The van der Waals surface area contributed by atoms with Crippen LogP contribution in [-0.2, 0) is 11.2 Å². The first-order valence-electron chi connectivity index (χ1n) is 4.26. The van der Waals surface area contributed by atoms with Crippen LogP contribution in [0.3, 0.4) is 0 Å². The van der Waals surface area contributed by atoms with E-state index < -0.39 is 12.0 Å². The van der Waals surface area contributed by atoms with Crippen molar-refractivity contribution >= 4 is 17.3 Å². The van der Waals surface area contributed by atoms with E-state index >= 15 is 0 Å². The molecular weight excluding hydrogens is 202 g/mol.